The SMILES string of the molecule is CCc1ccc(-c2cnc3c(c2)N(C(O)CNCc2ccncn2)C(C)C3=O)cc1. The van der Waals surface area contributed by atoms with Gasteiger partial charge in [0.25, 0.3) is 0 Å². The van der Waals surface area contributed by atoms with Crippen molar-refractivity contribution in [3.63, 3.8) is 0 Å². The molecule has 0 radical (unpaired) electrons. The van der Waals surface area contributed by atoms with E-state index in [1.54, 1.807) is 24.2 Å². The minimum atomic E-state index is -0.869. The van der Waals surface area contributed by atoms with Crippen molar-refractivity contribution >= 4 is 11.5 Å². The molecule has 2 unspecified atom stereocenters. The van der Waals surface area contributed by atoms with Crippen molar-refractivity contribution in [3.05, 3.63) is 72.1 Å². The van der Waals surface area contributed by atoms with Gasteiger partial charge in [0.1, 0.15) is 18.2 Å². The molecular formula is C23H25N5O2. The van der Waals surface area contributed by atoms with Crippen LogP contribution in [0.1, 0.15) is 35.6 Å². The summed E-state index contributed by atoms with van der Waals surface area (Å²) in [6.07, 6.45) is 5.01. The third-order valence-electron chi connectivity index (χ3n) is 5.47. The number of Topliss-reactive ketones (excluding diaryl/α,β-unsaturated/α-hetero) is 1. The first kappa shape index (κ1) is 20.1. The van der Waals surface area contributed by atoms with Gasteiger partial charge in [-0.25, -0.2) is 9.97 Å². The van der Waals surface area contributed by atoms with E-state index in [2.05, 4.69) is 51.5 Å². The molecule has 7 heteroatoms. The maximum atomic E-state index is 12.7. The van der Waals surface area contributed by atoms with Crippen molar-refractivity contribution < 1.29 is 9.90 Å². The third kappa shape index (κ3) is 3.94. The highest BCUT2D eigenvalue weighted by Crippen LogP contribution is 2.35. The van der Waals surface area contributed by atoms with Gasteiger partial charge in [0.2, 0.25) is 5.78 Å². The number of aliphatic hydroxyl groups excluding tert-OH is 1. The van der Waals surface area contributed by atoms with Crippen molar-refractivity contribution in [1.82, 2.24) is 20.3 Å². The van der Waals surface area contributed by atoms with Crippen LogP contribution in [0, 0.1) is 0 Å². The van der Waals surface area contributed by atoms with Gasteiger partial charge in [-0.1, -0.05) is 31.2 Å². The first-order valence-electron chi connectivity index (χ1n) is 10.1. The topological polar surface area (TPSA) is 91.2 Å². The molecule has 3 heterocycles. The average molecular weight is 403 g/mol. The lowest BCUT2D eigenvalue weighted by atomic mass is 10.0. The van der Waals surface area contributed by atoms with Crippen molar-refractivity contribution in [2.24, 2.45) is 0 Å². The number of aryl methyl sites for hydroxylation is 1. The van der Waals surface area contributed by atoms with Crippen LogP contribution in [0.3, 0.4) is 0 Å². The van der Waals surface area contributed by atoms with E-state index in [0.29, 0.717) is 17.9 Å². The van der Waals surface area contributed by atoms with Crippen molar-refractivity contribution in [3.8, 4) is 11.1 Å². The summed E-state index contributed by atoms with van der Waals surface area (Å²) in [4.78, 5) is 26.9. The fourth-order valence-electron chi connectivity index (χ4n) is 3.73. The van der Waals surface area contributed by atoms with Crippen LogP contribution in [0.25, 0.3) is 11.1 Å². The molecule has 1 aliphatic rings. The van der Waals surface area contributed by atoms with Crippen molar-refractivity contribution in [2.45, 2.75) is 39.1 Å². The fraction of sp³-hybridized carbons (Fsp3) is 0.304. The van der Waals surface area contributed by atoms with Crippen LogP contribution in [0.4, 0.5) is 5.69 Å². The molecule has 0 fully saturated rings. The molecule has 1 aliphatic heterocycles. The monoisotopic (exact) mass is 403 g/mol. The van der Waals surface area contributed by atoms with Crippen LogP contribution in [0.2, 0.25) is 0 Å². The molecule has 7 nitrogen and oxygen atoms in total. The highest BCUT2D eigenvalue weighted by molar-refractivity contribution is 6.09. The number of pyridine rings is 1. The number of ketones is 1. The Morgan fingerprint density at radius 1 is 1.17 bits per heavy atom. The van der Waals surface area contributed by atoms with E-state index in [0.717, 1.165) is 23.2 Å². The normalized spacial score (nSPS) is 16.6. The van der Waals surface area contributed by atoms with E-state index >= 15 is 0 Å². The summed E-state index contributed by atoms with van der Waals surface area (Å²) >= 11 is 0. The zero-order valence-electron chi connectivity index (χ0n) is 17.1. The molecule has 3 aromatic rings. The largest absolute Gasteiger partial charge is 0.372 e. The van der Waals surface area contributed by atoms with Crippen LogP contribution in [-0.2, 0) is 13.0 Å². The second kappa shape index (κ2) is 8.69. The van der Waals surface area contributed by atoms with Gasteiger partial charge in [0.15, 0.2) is 0 Å². The van der Waals surface area contributed by atoms with E-state index in [9.17, 15) is 9.90 Å². The van der Waals surface area contributed by atoms with Gasteiger partial charge in [-0.05, 0) is 36.6 Å². The van der Waals surface area contributed by atoms with Gasteiger partial charge in [0, 0.05) is 31.0 Å². The van der Waals surface area contributed by atoms with Gasteiger partial charge < -0.3 is 15.3 Å². The van der Waals surface area contributed by atoms with Crippen LogP contribution >= 0.6 is 0 Å². The molecule has 0 bridgehead atoms. The second-order valence-corrected chi connectivity index (χ2v) is 7.40. The Bertz CT molecular complexity index is 1020. The van der Waals surface area contributed by atoms with Crippen molar-refractivity contribution in [1.29, 1.82) is 0 Å². The van der Waals surface area contributed by atoms with Crippen molar-refractivity contribution in [2.75, 3.05) is 11.4 Å². The summed E-state index contributed by atoms with van der Waals surface area (Å²) < 4.78 is 0. The summed E-state index contributed by atoms with van der Waals surface area (Å²) in [5, 5.41) is 14.0. The fourth-order valence-corrected chi connectivity index (χ4v) is 3.73. The molecule has 4 rings (SSSR count). The number of nitrogens with zero attached hydrogens (tertiary/aromatic N) is 4. The van der Waals surface area contributed by atoms with Gasteiger partial charge in [0.05, 0.1) is 17.4 Å². The predicted octanol–water partition coefficient (Wildman–Crippen LogP) is 2.60. The molecule has 0 amide bonds. The van der Waals surface area contributed by atoms with Crippen LogP contribution in [0.15, 0.2) is 55.1 Å². The number of anilines is 1. The summed E-state index contributed by atoms with van der Waals surface area (Å²) in [7, 11) is 0. The minimum absolute atomic E-state index is 0.0762. The molecule has 2 atom stereocenters. The van der Waals surface area contributed by atoms with E-state index in [1.165, 1.54) is 11.9 Å². The predicted molar refractivity (Wildman–Crippen MR) is 115 cm³/mol. The van der Waals surface area contributed by atoms with Crippen LogP contribution in [0.5, 0.6) is 0 Å². The third-order valence-corrected chi connectivity index (χ3v) is 5.47. The quantitative estimate of drug-likeness (QED) is 0.626. The number of nitrogens with one attached hydrogen (secondary N) is 1. The van der Waals surface area contributed by atoms with E-state index < -0.39 is 12.3 Å². The summed E-state index contributed by atoms with van der Waals surface area (Å²) in [5.41, 5.74) is 5.13. The van der Waals surface area contributed by atoms with Crippen LogP contribution < -0.4 is 10.2 Å². The lowest BCUT2D eigenvalue weighted by Crippen LogP contribution is -2.46. The molecule has 30 heavy (non-hydrogen) atoms. The van der Waals surface area contributed by atoms with E-state index in [-0.39, 0.29) is 12.3 Å². The Balaban J connectivity index is 1.54. The first-order chi connectivity index (χ1) is 14.6. The molecular weight excluding hydrogens is 378 g/mol. The number of carbonyl (C=O) groups excluding carboxylic acids is 1. The summed E-state index contributed by atoms with van der Waals surface area (Å²) in [5.74, 6) is -0.0762. The minimum Gasteiger partial charge on any atom is -0.372 e. The molecule has 0 aliphatic carbocycles. The number of fused-ring (bicyclic) bond motifs is 1. The molecule has 2 N–H and O–H groups in total. The zero-order valence-corrected chi connectivity index (χ0v) is 17.1. The maximum absolute atomic E-state index is 12.7. The Hall–Kier alpha value is -3.16. The molecule has 0 spiro atoms. The number of hydrogen-bond acceptors (Lipinski definition) is 7. The standard InChI is InChI=1S/C23H25N5O2/c1-3-16-4-6-17(7-5-16)18-10-20-22(26-11-18)23(30)15(2)28(20)21(29)13-25-12-19-8-9-24-14-27-19/h4-11,14-15,21,25,29H,3,12-13H2,1-2H3. The second-order valence-electron chi connectivity index (χ2n) is 7.40. The Kier molecular flexibility index (Phi) is 5.83. The average Bonchev–Trinajstić information content (AvgIpc) is 3.04. The zero-order chi connectivity index (χ0) is 21.1. The lowest BCUT2D eigenvalue weighted by molar-refractivity contribution is 0.0939. The lowest BCUT2D eigenvalue weighted by Gasteiger charge is -2.29. The number of hydrogen-bond donors (Lipinski definition) is 2. The Labute approximate surface area is 175 Å². The summed E-state index contributed by atoms with van der Waals surface area (Å²) in [6, 6.07) is 11.6. The highest BCUT2D eigenvalue weighted by Gasteiger charge is 2.38. The van der Waals surface area contributed by atoms with Gasteiger partial charge in [-0.15, -0.1) is 0 Å². The maximum Gasteiger partial charge on any atom is 0.205 e. The number of rotatable bonds is 7. The van der Waals surface area contributed by atoms with E-state index in [4.69, 9.17) is 0 Å². The van der Waals surface area contributed by atoms with E-state index in [1.807, 2.05) is 12.1 Å². The van der Waals surface area contributed by atoms with Gasteiger partial charge in [-0.3, -0.25) is 9.78 Å². The molecule has 0 saturated carbocycles. The number of aliphatic hydroxyl groups is 1. The van der Waals surface area contributed by atoms with Crippen LogP contribution in [-0.4, -0.2) is 44.7 Å². The molecule has 0 saturated heterocycles. The molecule has 2 aromatic heterocycles. The Morgan fingerprint density at radius 3 is 2.67 bits per heavy atom. The molecule has 1 aromatic carbocycles. The smallest absolute Gasteiger partial charge is 0.205 e. The highest BCUT2D eigenvalue weighted by atomic mass is 16.3. The number of carbonyl (C=O) groups is 1. The van der Waals surface area contributed by atoms with Gasteiger partial charge in [-0.2, -0.15) is 0 Å². The van der Waals surface area contributed by atoms with Gasteiger partial charge >= 0.3 is 0 Å². The number of benzene rings is 1. The first-order valence-corrected chi connectivity index (χ1v) is 10.1. The Morgan fingerprint density at radius 2 is 1.97 bits per heavy atom. The molecule has 154 valence electrons. The summed E-state index contributed by atoms with van der Waals surface area (Å²) in [6.45, 7) is 4.71. The number of aromatic nitrogens is 3.